The van der Waals surface area contributed by atoms with Crippen LogP contribution in [0.5, 0.6) is 0 Å². The highest BCUT2D eigenvalue weighted by atomic mass is 16.4. The lowest BCUT2D eigenvalue weighted by Crippen LogP contribution is -2.00. The zero-order valence-corrected chi connectivity index (χ0v) is 20.7. The Bertz CT molecular complexity index is 1240. The molecule has 0 atom stereocenters. The Hall–Kier alpha value is -3.65. The summed E-state index contributed by atoms with van der Waals surface area (Å²) in [6.07, 6.45) is 4.59. The fourth-order valence-corrected chi connectivity index (χ4v) is 4.27. The van der Waals surface area contributed by atoms with Gasteiger partial charge < -0.3 is 5.11 Å². The molecule has 3 aromatic rings. The lowest BCUT2D eigenvalue weighted by atomic mass is 9.91. The van der Waals surface area contributed by atoms with E-state index in [0.717, 1.165) is 35.3 Å². The van der Waals surface area contributed by atoms with Gasteiger partial charge in [0.1, 0.15) is 0 Å². The number of hydrogen-bond acceptors (Lipinski definition) is 3. The van der Waals surface area contributed by atoms with E-state index in [4.69, 9.17) is 15.5 Å². The Balaban J connectivity index is 1.83. The minimum Gasteiger partial charge on any atom is -0.481 e. The van der Waals surface area contributed by atoms with Crippen LogP contribution in [0.4, 0.5) is 0 Å². The summed E-state index contributed by atoms with van der Waals surface area (Å²) in [5.41, 5.74) is 9.92. The van der Waals surface area contributed by atoms with Crippen LogP contribution in [-0.2, 0) is 17.6 Å². The van der Waals surface area contributed by atoms with Gasteiger partial charge in [-0.05, 0) is 98.0 Å². The minimum absolute atomic E-state index is 0.150. The van der Waals surface area contributed by atoms with Crippen LogP contribution in [0.25, 0.3) is 11.3 Å². The first-order valence-electron chi connectivity index (χ1n) is 11.8. The number of rotatable bonds is 9. The minimum atomic E-state index is -0.768. The third-order valence-electron chi connectivity index (χ3n) is 6.18. The van der Waals surface area contributed by atoms with Crippen molar-refractivity contribution >= 4 is 11.5 Å². The summed E-state index contributed by atoms with van der Waals surface area (Å²) in [6.45, 7) is 10.7. The zero-order chi connectivity index (χ0) is 24.8. The molecular weight excluding hydrogens is 422 g/mol. The molecule has 1 N–H and O–H groups in total. The average Bonchev–Trinajstić information content (AvgIpc) is 3.23. The maximum Gasteiger partial charge on any atom is 0.303 e. The van der Waals surface area contributed by atoms with Crippen molar-refractivity contribution in [3.05, 3.63) is 87.7 Å². The third-order valence-corrected chi connectivity index (χ3v) is 6.18. The summed E-state index contributed by atoms with van der Waals surface area (Å²) < 4.78 is 1.91. The van der Waals surface area contributed by atoms with E-state index in [-0.39, 0.29) is 6.42 Å². The van der Waals surface area contributed by atoms with Crippen molar-refractivity contribution in [2.24, 2.45) is 0 Å². The first-order chi connectivity index (χ1) is 16.2. The van der Waals surface area contributed by atoms with Crippen molar-refractivity contribution < 1.29 is 9.90 Å². The van der Waals surface area contributed by atoms with Crippen molar-refractivity contribution in [2.75, 3.05) is 0 Å². The smallest absolute Gasteiger partial charge is 0.303 e. The number of carboxylic acid groups (broad SMARTS) is 1. The van der Waals surface area contributed by atoms with E-state index in [9.17, 15) is 4.79 Å². The predicted molar refractivity (Wildman–Crippen MR) is 136 cm³/mol. The van der Waals surface area contributed by atoms with Crippen LogP contribution in [0.15, 0.2) is 54.2 Å². The summed E-state index contributed by atoms with van der Waals surface area (Å²) in [6, 6.07) is 16.0. The molecule has 0 saturated carbocycles. The second kappa shape index (κ2) is 11.0. The number of carboxylic acids is 1. The summed E-state index contributed by atoms with van der Waals surface area (Å²) in [5.74, 6) is -0.462. The normalized spacial score (nSPS) is 10.9. The largest absolute Gasteiger partial charge is 0.481 e. The Kier molecular flexibility index (Phi) is 8.07. The lowest BCUT2D eigenvalue weighted by Gasteiger charge is -2.14. The molecule has 34 heavy (non-hydrogen) atoms. The molecule has 3 rings (SSSR count). The fraction of sp³-hybridized carbons (Fsp3) is 0.345. The molecule has 0 unspecified atom stereocenters. The predicted octanol–water partition coefficient (Wildman–Crippen LogP) is 6.62. The maximum absolute atomic E-state index is 10.9. The monoisotopic (exact) mass is 455 g/mol. The van der Waals surface area contributed by atoms with Crippen LogP contribution < -0.4 is 0 Å². The van der Waals surface area contributed by atoms with E-state index < -0.39 is 5.97 Å². The van der Waals surface area contributed by atoms with Gasteiger partial charge >= 0.3 is 5.97 Å². The second-order valence-corrected chi connectivity index (χ2v) is 9.31. The van der Waals surface area contributed by atoms with E-state index in [2.05, 4.69) is 65.1 Å². The van der Waals surface area contributed by atoms with Crippen molar-refractivity contribution in [1.82, 2.24) is 9.78 Å². The molecule has 0 aliphatic rings. The van der Waals surface area contributed by atoms with Crippen LogP contribution in [0.2, 0.25) is 0 Å². The highest BCUT2D eigenvalue weighted by molar-refractivity contribution is 5.70. The molecule has 0 bridgehead atoms. The molecule has 0 saturated heterocycles. The number of benzene rings is 2. The highest BCUT2D eigenvalue weighted by Gasteiger charge is 2.15. The number of nitrogens with zero attached hydrogens (tertiary/aromatic N) is 3. The molecule has 176 valence electrons. The van der Waals surface area contributed by atoms with Crippen LogP contribution in [-0.4, -0.2) is 20.9 Å². The van der Waals surface area contributed by atoms with Crippen molar-refractivity contribution in [3.8, 4) is 11.8 Å². The summed E-state index contributed by atoms with van der Waals surface area (Å²) >= 11 is 0. The first kappa shape index (κ1) is 25.0. The van der Waals surface area contributed by atoms with Crippen molar-refractivity contribution in [3.63, 3.8) is 0 Å². The number of aryl methyl sites for hydroxylation is 3. The number of aromatic nitrogens is 2. The van der Waals surface area contributed by atoms with E-state index >= 15 is 0 Å². The van der Waals surface area contributed by atoms with E-state index in [0.29, 0.717) is 17.9 Å². The Morgan fingerprint density at radius 2 is 1.74 bits per heavy atom. The summed E-state index contributed by atoms with van der Waals surface area (Å²) in [7, 11) is 0. The van der Waals surface area contributed by atoms with Gasteiger partial charge in [0.2, 0.25) is 0 Å². The molecule has 0 aliphatic carbocycles. The molecule has 0 fully saturated rings. The van der Waals surface area contributed by atoms with E-state index in [1.165, 1.54) is 22.3 Å². The van der Waals surface area contributed by atoms with Crippen LogP contribution in [0, 0.1) is 18.3 Å². The average molecular weight is 456 g/mol. The van der Waals surface area contributed by atoms with Gasteiger partial charge in [0.05, 0.1) is 23.0 Å². The molecule has 0 amide bonds. The van der Waals surface area contributed by atoms with Gasteiger partial charge in [0.25, 0.3) is 0 Å². The quantitative estimate of drug-likeness (QED) is 0.393. The van der Waals surface area contributed by atoms with Gasteiger partial charge in [0, 0.05) is 12.6 Å². The van der Waals surface area contributed by atoms with E-state index in [1.807, 2.05) is 28.9 Å². The van der Waals surface area contributed by atoms with Gasteiger partial charge in [-0.2, -0.15) is 10.4 Å². The standard InChI is InChI=1S/C29H33N3O2/c1-19(2)27(24-9-8-23(21(5)16-24)11-15-28(33)34)14-10-25-18-32(31-29(25)20(3)4)26-12-6-22(17-30)7-13-26/h6-9,12-13,16,18,20H,10-11,14-15H2,1-5H3,(H,33,34). The molecule has 1 aromatic heterocycles. The summed E-state index contributed by atoms with van der Waals surface area (Å²) in [5, 5.41) is 22.9. The Labute approximate surface area is 202 Å². The lowest BCUT2D eigenvalue weighted by molar-refractivity contribution is -0.136. The van der Waals surface area contributed by atoms with Crippen LogP contribution in [0.3, 0.4) is 0 Å². The Morgan fingerprint density at radius 3 is 2.29 bits per heavy atom. The first-order valence-corrected chi connectivity index (χ1v) is 11.8. The number of aliphatic carboxylic acids is 1. The molecular formula is C29H33N3O2. The molecule has 5 heteroatoms. The summed E-state index contributed by atoms with van der Waals surface area (Å²) in [4.78, 5) is 10.9. The molecule has 0 spiro atoms. The SMILES string of the molecule is CC(C)=C(CCc1cn(-c2ccc(C#N)cc2)nc1C(C)C)c1ccc(CCC(=O)O)c(C)c1. The second-order valence-electron chi connectivity index (χ2n) is 9.31. The van der Waals surface area contributed by atoms with Gasteiger partial charge in [-0.3, -0.25) is 4.79 Å². The number of allylic oxidation sites excluding steroid dienone is 2. The number of nitriles is 1. The number of hydrogen-bond donors (Lipinski definition) is 1. The molecule has 2 aromatic carbocycles. The van der Waals surface area contributed by atoms with Gasteiger partial charge in [0.15, 0.2) is 0 Å². The molecule has 0 radical (unpaired) electrons. The zero-order valence-electron chi connectivity index (χ0n) is 20.7. The van der Waals surface area contributed by atoms with E-state index in [1.54, 1.807) is 0 Å². The van der Waals surface area contributed by atoms with Crippen LogP contribution in [0.1, 0.15) is 80.0 Å². The number of carbonyl (C=O) groups is 1. The van der Waals surface area contributed by atoms with Crippen molar-refractivity contribution in [1.29, 1.82) is 5.26 Å². The van der Waals surface area contributed by atoms with Crippen LogP contribution >= 0.6 is 0 Å². The highest BCUT2D eigenvalue weighted by Crippen LogP contribution is 2.29. The fourth-order valence-electron chi connectivity index (χ4n) is 4.27. The molecule has 1 heterocycles. The maximum atomic E-state index is 10.9. The topological polar surface area (TPSA) is 78.9 Å². The molecule has 0 aliphatic heterocycles. The molecule has 5 nitrogen and oxygen atoms in total. The van der Waals surface area contributed by atoms with Crippen molar-refractivity contribution in [2.45, 2.75) is 66.2 Å². The van der Waals surface area contributed by atoms with Gasteiger partial charge in [-0.15, -0.1) is 0 Å². The third kappa shape index (κ3) is 6.02. The Morgan fingerprint density at radius 1 is 1.06 bits per heavy atom. The van der Waals surface area contributed by atoms with Gasteiger partial charge in [-0.25, -0.2) is 4.68 Å². The van der Waals surface area contributed by atoms with Gasteiger partial charge in [-0.1, -0.05) is 37.6 Å².